The van der Waals surface area contributed by atoms with Crippen molar-refractivity contribution in [3.8, 4) is 11.4 Å². The number of hydrogen-bond donors (Lipinski definition) is 1. The summed E-state index contributed by atoms with van der Waals surface area (Å²) in [6, 6.07) is 16.8. The largest absolute Gasteiger partial charge is 0.339 e. The van der Waals surface area contributed by atoms with Crippen molar-refractivity contribution in [1.29, 1.82) is 0 Å². The number of aromatic nitrogens is 3. The minimum Gasteiger partial charge on any atom is -0.339 e. The summed E-state index contributed by atoms with van der Waals surface area (Å²) >= 11 is 1.39. The Balaban J connectivity index is 1.61. The molecular weight excluding hydrogens is 360 g/mol. The van der Waals surface area contributed by atoms with Crippen molar-refractivity contribution < 1.29 is 9.32 Å². The van der Waals surface area contributed by atoms with Crippen LogP contribution in [0, 0.1) is 0 Å². The molecule has 0 radical (unpaired) electrons. The van der Waals surface area contributed by atoms with Gasteiger partial charge in [-0.3, -0.25) is 9.78 Å². The summed E-state index contributed by atoms with van der Waals surface area (Å²) in [6.07, 6.45) is 3.90. The number of hydrogen-bond acceptors (Lipinski definition) is 6. The van der Waals surface area contributed by atoms with Crippen molar-refractivity contribution in [2.75, 3.05) is 0 Å². The first kappa shape index (κ1) is 17.1. The van der Waals surface area contributed by atoms with Crippen molar-refractivity contribution >= 4 is 17.2 Å². The fourth-order valence-electron chi connectivity index (χ4n) is 2.68. The topological polar surface area (TPSA) is 80.9 Å². The zero-order valence-corrected chi connectivity index (χ0v) is 15.1. The Morgan fingerprint density at radius 3 is 2.74 bits per heavy atom. The molecule has 4 rings (SSSR count). The zero-order valence-electron chi connectivity index (χ0n) is 14.3. The number of nitrogens with one attached hydrogen (secondary N) is 1. The van der Waals surface area contributed by atoms with Gasteiger partial charge in [0.05, 0.1) is 4.88 Å². The third-order valence-electron chi connectivity index (χ3n) is 3.99. The Labute approximate surface area is 159 Å². The molecule has 0 bridgehead atoms. The molecule has 1 N–H and O–H groups in total. The summed E-state index contributed by atoms with van der Waals surface area (Å²) in [4.78, 5) is 21.8. The van der Waals surface area contributed by atoms with E-state index in [-0.39, 0.29) is 5.91 Å². The highest BCUT2D eigenvalue weighted by atomic mass is 32.1. The number of nitrogens with zero attached hydrogens (tertiary/aromatic N) is 3. The lowest BCUT2D eigenvalue weighted by molar-refractivity contribution is 0.0932. The lowest BCUT2D eigenvalue weighted by Crippen LogP contribution is -2.29. The van der Waals surface area contributed by atoms with Crippen LogP contribution in [0.3, 0.4) is 0 Å². The Kier molecular flexibility index (Phi) is 5.02. The molecule has 27 heavy (non-hydrogen) atoms. The molecule has 3 heterocycles. The molecule has 0 fully saturated rings. The summed E-state index contributed by atoms with van der Waals surface area (Å²) in [5, 5.41) is 8.92. The van der Waals surface area contributed by atoms with E-state index in [9.17, 15) is 4.79 Å². The molecule has 1 atom stereocenters. The van der Waals surface area contributed by atoms with E-state index in [0.717, 1.165) is 11.1 Å². The quantitative estimate of drug-likeness (QED) is 0.552. The van der Waals surface area contributed by atoms with E-state index in [4.69, 9.17) is 4.52 Å². The number of benzene rings is 1. The standard InChI is InChI=1S/C20H16N4O2S/c25-19(17-9-5-11-27-17)22-16(12-14-6-2-1-3-7-14)20-23-18(24-26-20)15-8-4-10-21-13-15/h1-11,13,16H,12H2,(H,22,25). The van der Waals surface area contributed by atoms with Crippen LogP contribution in [-0.2, 0) is 6.42 Å². The van der Waals surface area contributed by atoms with E-state index < -0.39 is 6.04 Å². The smallest absolute Gasteiger partial charge is 0.262 e. The van der Waals surface area contributed by atoms with Gasteiger partial charge in [-0.25, -0.2) is 0 Å². The summed E-state index contributed by atoms with van der Waals surface area (Å²) in [5.41, 5.74) is 1.82. The van der Waals surface area contributed by atoms with Gasteiger partial charge in [0, 0.05) is 24.4 Å². The van der Waals surface area contributed by atoms with Gasteiger partial charge in [-0.05, 0) is 29.1 Å². The summed E-state index contributed by atoms with van der Waals surface area (Å²) in [6.45, 7) is 0. The second kappa shape index (κ2) is 7.92. The molecule has 0 aliphatic rings. The monoisotopic (exact) mass is 376 g/mol. The van der Waals surface area contributed by atoms with Crippen molar-refractivity contribution in [2.24, 2.45) is 0 Å². The molecule has 1 unspecified atom stereocenters. The minimum absolute atomic E-state index is 0.160. The van der Waals surface area contributed by atoms with Gasteiger partial charge in [0.15, 0.2) is 0 Å². The Hall–Kier alpha value is -3.32. The van der Waals surface area contributed by atoms with Gasteiger partial charge >= 0.3 is 0 Å². The predicted molar refractivity (Wildman–Crippen MR) is 102 cm³/mol. The van der Waals surface area contributed by atoms with Crippen molar-refractivity contribution in [3.05, 3.63) is 88.7 Å². The van der Waals surface area contributed by atoms with Gasteiger partial charge in [-0.15, -0.1) is 11.3 Å². The van der Waals surface area contributed by atoms with E-state index in [1.807, 2.05) is 53.9 Å². The first-order valence-corrected chi connectivity index (χ1v) is 9.30. The Bertz CT molecular complexity index is 1000. The second-order valence-electron chi connectivity index (χ2n) is 5.89. The van der Waals surface area contributed by atoms with Gasteiger partial charge < -0.3 is 9.84 Å². The summed E-state index contributed by atoms with van der Waals surface area (Å²) < 4.78 is 5.47. The maximum atomic E-state index is 12.6. The SMILES string of the molecule is O=C(NC(Cc1ccccc1)c1nc(-c2cccnc2)no1)c1cccs1. The van der Waals surface area contributed by atoms with Crippen molar-refractivity contribution in [2.45, 2.75) is 12.5 Å². The van der Waals surface area contributed by atoms with Gasteiger partial charge in [-0.1, -0.05) is 41.6 Å². The Morgan fingerprint density at radius 2 is 2.00 bits per heavy atom. The number of carbonyl (C=O) groups excluding carboxylic acids is 1. The average Bonchev–Trinajstić information content (AvgIpc) is 3.41. The summed E-state index contributed by atoms with van der Waals surface area (Å²) in [5.74, 6) is 0.649. The molecule has 6 nitrogen and oxygen atoms in total. The van der Waals surface area contributed by atoms with Crippen LogP contribution in [0.5, 0.6) is 0 Å². The molecule has 1 amide bonds. The molecule has 0 aliphatic carbocycles. The van der Waals surface area contributed by atoms with Crippen LogP contribution >= 0.6 is 11.3 Å². The number of thiophene rings is 1. The molecule has 4 aromatic rings. The van der Waals surface area contributed by atoms with E-state index >= 15 is 0 Å². The van der Waals surface area contributed by atoms with Crippen LogP contribution in [0.4, 0.5) is 0 Å². The average molecular weight is 376 g/mol. The molecular formula is C20H16N4O2S. The summed E-state index contributed by atoms with van der Waals surface area (Å²) in [7, 11) is 0. The molecule has 3 aromatic heterocycles. The fraction of sp³-hybridized carbons (Fsp3) is 0.100. The fourth-order valence-corrected chi connectivity index (χ4v) is 3.30. The van der Waals surface area contributed by atoms with Crippen molar-refractivity contribution in [1.82, 2.24) is 20.4 Å². The molecule has 7 heteroatoms. The first-order valence-electron chi connectivity index (χ1n) is 8.42. The Morgan fingerprint density at radius 1 is 1.11 bits per heavy atom. The molecule has 0 saturated heterocycles. The molecule has 134 valence electrons. The van der Waals surface area contributed by atoms with Crippen LogP contribution in [0.1, 0.15) is 27.2 Å². The second-order valence-corrected chi connectivity index (χ2v) is 6.84. The third-order valence-corrected chi connectivity index (χ3v) is 4.86. The zero-order chi connectivity index (χ0) is 18.5. The molecule has 1 aromatic carbocycles. The number of carbonyl (C=O) groups is 1. The van der Waals surface area contributed by atoms with Crippen LogP contribution in [0.15, 0.2) is 76.9 Å². The highest BCUT2D eigenvalue weighted by Crippen LogP contribution is 2.22. The van der Waals surface area contributed by atoms with Gasteiger partial charge in [0.1, 0.15) is 6.04 Å². The third kappa shape index (κ3) is 4.09. The van der Waals surface area contributed by atoms with Crippen LogP contribution in [-0.4, -0.2) is 21.0 Å². The predicted octanol–water partition coefficient (Wildman–Crippen LogP) is 3.91. The highest BCUT2D eigenvalue weighted by molar-refractivity contribution is 7.12. The van der Waals surface area contributed by atoms with Crippen LogP contribution in [0.25, 0.3) is 11.4 Å². The van der Waals surface area contributed by atoms with E-state index in [2.05, 4.69) is 20.4 Å². The maximum absolute atomic E-state index is 12.6. The normalized spacial score (nSPS) is 11.9. The van der Waals surface area contributed by atoms with Crippen LogP contribution in [0.2, 0.25) is 0 Å². The lowest BCUT2D eigenvalue weighted by atomic mass is 10.1. The maximum Gasteiger partial charge on any atom is 0.262 e. The van der Waals surface area contributed by atoms with E-state index in [1.165, 1.54) is 11.3 Å². The van der Waals surface area contributed by atoms with Gasteiger partial charge in [-0.2, -0.15) is 4.98 Å². The van der Waals surface area contributed by atoms with E-state index in [1.54, 1.807) is 18.5 Å². The van der Waals surface area contributed by atoms with Crippen molar-refractivity contribution in [3.63, 3.8) is 0 Å². The molecule has 0 saturated carbocycles. The number of rotatable bonds is 6. The molecule has 0 spiro atoms. The molecule has 0 aliphatic heterocycles. The first-order chi connectivity index (χ1) is 13.3. The highest BCUT2D eigenvalue weighted by Gasteiger charge is 2.23. The minimum atomic E-state index is -0.431. The van der Waals surface area contributed by atoms with Gasteiger partial charge in [0.2, 0.25) is 11.7 Å². The van der Waals surface area contributed by atoms with E-state index in [0.29, 0.717) is 23.0 Å². The lowest BCUT2D eigenvalue weighted by Gasteiger charge is -2.14. The number of amides is 1. The van der Waals surface area contributed by atoms with Crippen LogP contribution < -0.4 is 5.32 Å². The van der Waals surface area contributed by atoms with Gasteiger partial charge in [0.25, 0.3) is 5.91 Å². The number of pyridine rings is 1.